The molecular weight excluding hydrogens is 748 g/mol. The van der Waals surface area contributed by atoms with E-state index in [1.807, 2.05) is 0 Å². The molecule has 0 amide bonds. The maximum Gasteiger partial charge on any atom is 0.263 e. The molecule has 13 rings (SSSR count). The molecule has 4 heterocycles. The van der Waals surface area contributed by atoms with E-state index in [9.17, 15) is 0 Å². The molecule has 6 heteroatoms. The van der Waals surface area contributed by atoms with E-state index >= 15 is 0 Å². The van der Waals surface area contributed by atoms with E-state index in [1.54, 1.807) is 0 Å². The SMILES string of the molecule is c1ccc([Si](c2ccccc2)(c2cc3c4c(c2)Oc2cccc(-n5c6ccccc6c6ccccc65)c2B4c2ccccc2O3)n2c3ccccc3c3ccccc32)cc1. The number of ether oxygens (including phenoxy) is 2. The molecule has 2 aliphatic heterocycles. The molecule has 9 aromatic carbocycles. The topological polar surface area (TPSA) is 28.3 Å². The van der Waals surface area contributed by atoms with Crippen LogP contribution >= 0.6 is 0 Å². The van der Waals surface area contributed by atoms with Crippen LogP contribution in [0.2, 0.25) is 0 Å². The summed E-state index contributed by atoms with van der Waals surface area (Å²) in [5, 5.41) is 8.66. The van der Waals surface area contributed by atoms with Gasteiger partial charge in [-0.25, -0.2) is 0 Å². The summed E-state index contributed by atoms with van der Waals surface area (Å²) in [4.78, 5) is 0. The molecule has 280 valence electrons. The summed E-state index contributed by atoms with van der Waals surface area (Å²) in [5.41, 5.74) is 9.18. The monoisotopic (exact) mass is 782 g/mol. The van der Waals surface area contributed by atoms with Crippen molar-refractivity contribution in [1.82, 2.24) is 8.80 Å². The molecule has 2 aromatic heterocycles. The second-order valence-corrected chi connectivity index (χ2v) is 19.5. The number of aromatic nitrogens is 2. The van der Waals surface area contributed by atoms with E-state index in [2.05, 4.69) is 221 Å². The molecule has 11 aromatic rings. The van der Waals surface area contributed by atoms with Gasteiger partial charge in [0.1, 0.15) is 23.0 Å². The number of nitrogens with zero attached hydrogens (tertiary/aromatic N) is 2. The van der Waals surface area contributed by atoms with Crippen molar-refractivity contribution in [2.24, 2.45) is 0 Å². The molecular formula is C54H35BN2O2Si. The standard InChI is InChI=1S/C54H35BN2O2Si/c1-3-18-36(19-4-1)60(37-20-5-2-6-21-37,57-46-29-14-9-24-41(46)42-25-10-15-30-47(42)57)38-34-51-54-52(35-38)59-50-33-17-31-48(53(50)55(54)43-26-11-16-32-49(43)58-51)56-44-27-12-7-22-39(44)40-23-8-13-28-45(40)56/h1-35H. The molecule has 0 saturated heterocycles. The van der Waals surface area contributed by atoms with E-state index < -0.39 is 8.24 Å². The quantitative estimate of drug-likeness (QED) is 0.129. The predicted octanol–water partition coefficient (Wildman–Crippen LogP) is 9.13. The van der Waals surface area contributed by atoms with Crippen molar-refractivity contribution in [1.29, 1.82) is 0 Å². The highest BCUT2D eigenvalue weighted by Crippen LogP contribution is 2.39. The maximum atomic E-state index is 7.32. The Kier molecular flexibility index (Phi) is 7.09. The van der Waals surface area contributed by atoms with Gasteiger partial charge in [-0.05, 0) is 81.1 Å². The van der Waals surface area contributed by atoms with Gasteiger partial charge in [0.25, 0.3) is 14.9 Å². The largest absolute Gasteiger partial charge is 0.458 e. The number of hydrogen-bond donors (Lipinski definition) is 0. The lowest BCUT2D eigenvalue weighted by Gasteiger charge is -2.39. The van der Waals surface area contributed by atoms with Crippen LogP contribution in [0.15, 0.2) is 212 Å². The third kappa shape index (κ3) is 4.51. The van der Waals surface area contributed by atoms with Gasteiger partial charge in [-0.2, -0.15) is 0 Å². The van der Waals surface area contributed by atoms with Gasteiger partial charge < -0.3 is 18.3 Å². The van der Waals surface area contributed by atoms with E-state index in [1.165, 1.54) is 59.2 Å². The van der Waals surface area contributed by atoms with Crippen molar-refractivity contribution in [2.45, 2.75) is 0 Å². The molecule has 0 spiro atoms. The molecule has 0 bridgehead atoms. The van der Waals surface area contributed by atoms with Gasteiger partial charge in [0.05, 0.1) is 11.0 Å². The highest BCUT2D eigenvalue weighted by molar-refractivity contribution is 7.11. The lowest BCUT2D eigenvalue weighted by atomic mass is 9.34. The zero-order valence-electron chi connectivity index (χ0n) is 32.5. The summed E-state index contributed by atoms with van der Waals surface area (Å²) >= 11 is 0. The van der Waals surface area contributed by atoms with Gasteiger partial charge in [-0.15, -0.1) is 0 Å². The van der Waals surface area contributed by atoms with Crippen molar-refractivity contribution in [2.75, 3.05) is 0 Å². The zero-order chi connectivity index (χ0) is 39.4. The highest BCUT2D eigenvalue weighted by Gasteiger charge is 2.48. The first kappa shape index (κ1) is 33.4. The maximum absolute atomic E-state index is 7.32. The van der Waals surface area contributed by atoms with E-state index in [-0.39, 0.29) is 6.71 Å². The second kappa shape index (κ2) is 12.7. The molecule has 0 unspecified atom stereocenters. The Morgan fingerprint density at radius 2 is 0.800 bits per heavy atom. The van der Waals surface area contributed by atoms with Gasteiger partial charge in [0, 0.05) is 43.7 Å². The Morgan fingerprint density at radius 1 is 0.350 bits per heavy atom. The summed E-state index contributed by atoms with van der Waals surface area (Å²) < 4.78 is 19.6. The van der Waals surface area contributed by atoms with Crippen molar-refractivity contribution in [3.8, 4) is 28.7 Å². The number of fused-ring (bicyclic) bond motifs is 10. The minimum absolute atomic E-state index is 0.133. The Labute approximate surface area is 348 Å². The Bertz CT molecular complexity index is 3360. The fraction of sp³-hybridized carbons (Fsp3) is 0. The minimum atomic E-state index is -3.23. The average Bonchev–Trinajstić information content (AvgIpc) is 3.83. The average molecular weight is 783 g/mol. The summed E-state index contributed by atoms with van der Waals surface area (Å²) in [7, 11) is -3.23. The van der Waals surface area contributed by atoms with E-state index in [0.29, 0.717) is 0 Å². The molecule has 0 radical (unpaired) electrons. The number of benzene rings is 9. The van der Waals surface area contributed by atoms with Crippen molar-refractivity contribution < 1.29 is 9.47 Å². The molecule has 0 saturated carbocycles. The van der Waals surface area contributed by atoms with Crippen LogP contribution in [0.3, 0.4) is 0 Å². The number of rotatable bonds is 5. The predicted molar refractivity (Wildman–Crippen MR) is 251 cm³/mol. The minimum Gasteiger partial charge on any atom is -0.458 e. The first-order chi connectivity index (χ1) is 29.8. The second-order valence-electron chi connectivity index (χ2n) is 15.9. The third-order valence-corrected chi connectivity index (χ3v) is 17.5. The van der Waals surface area contributed by atoms with Crippen molar-refractivity contribution in [3.63, 3.8) is 0 Å². The summed E-state index contributed by atoms with van der Waals surface area (Å²) in [6, 6.07) is 77.3. The Balaban J connectivity index is 1.14. The third-order valence-electron chi connectivity index (χ3n) is 12.9. The first-order valence-corrected chi connectivity index (χ1v) is 22.6. The van der Waals surface area contributed by atoms with Crippen molar-refractivity contribution >= 4 is 90.5 Å². The van der Waals surface area contributed by atoms with Gasteiger partial charge in [-0.1, -0.05) is 158 Å². The Morgan fingerprint density at radius 3 is 1.38 bits per heavy atom. The Hall–Kier alpha value is -7.54. The van der Waals surface area contributed by atoms with Crippen LogP contribution in [0.25, 0.3) is 49.3 Å². The molecule has 0 aliphatic carbocycles. The van der Waals surface area contributed by atoms with E-state index in [4.69, 9.17) is 9.47 Å². The highest BCUT2D eigenvalue weighted by atomic mass is 28.3. The van der Waals surface area contributed by atoms with Gasteiger partial charge in [-0.3, -0.25) is 0 Å². The fourth-order valence-electron chi connectivity index (χ4n) is 10.6. The van der Waals surface area contributed by atoms with Crippen LogP contribution in [0, 0.1) is 0 Å². The molecule has 2 aliphatic rings. The van der Waals surface area contributed by atoms with Gasteiger partial charge >= 0.3 is 0 Å². The number of para-hydroxylation sites is 5. The number of hydrogen-bond acceptors (Lipinski definition) is 2. The van der Waals surface area contributed by atoms with Gasteiger partial charge in [0.2, 0.25) is 0 Å². The fourth-order valence-corrected chi connectivity index (χ4v) is 15.5. The molecule has 60 heavy (non-hydrogen) atoms. The normalized spacial score (nSPS) is 12.9. The van der Waals surface area contributed by atoms with Gasteiger partial charge in [0.15, 0.2) is 0 Å². The van der Waals surface area contributed by atoms with E-state index in [0.717, 1.165) is 45.1 Å². The lowest BCUT2D eigenvalue weighted by Crippen LogP contribution is -2.72. The van der Waals surface area contributed by atoms with Crippen LogP contribution in [0.5, 0.6) is 23.0 Å². The molecule has 0 fully saturated rings. The zero-order valence-corrected chi connectivity index (χ0v) is 33.5. The summed E-state index contributed by atoms with van der Waals surface area (Å²) in [6.07, 6.45) is 0. The smallest absolute Gasteiger partial charge is 0.263 e. The van der Waals surface area contributed by atoms with Crippen LogP contribution in [-0.2, 0) is 0 Å². The summed E-state index contributed by atoms with van der Waals surface area (Å²) in [6.45, 7) is -0.133. The van der Waals surface area contributed by atoms with Crippen LogP contribution in [-0.4, -0.2) is 23.7 Å². The first-order valence-electron chi connectivity index (χ1n) is 20.6. The molecule has 0 atom stereocenters. The molecule has 4 nitrogen and oxygen atoms in total. The van der Waals surface area contributed by atoms with Crippen molar-refractivity contribution in [3.05, 3.63) is 212 Å². The molecule has 0 N–H and O–H groups in total. The lowest BCUT2D eigenvalue weighted by molar-refractivity contribution is 0.465. The van der Waals surface area contributed by atoms with Crippen LogP contribution in [0.4, 0.5) is 0 Å². The van der Waals surface area contributed by atoms with Crippen LogP contribution < -0.4 is 41.4 Å². The summed E-state index contributed by atoms with van der Waals surface area (Å²) in [5.74, 6) is 3.39. The van der Waals surface area contributed by atoms with Crippen LogP contribution in [0.1, 0.15) is 0 Å².